The topological polar surface area (TPSA) is 12.0 Å². The van der Waals surface area contributed by atoms with Gasteiger partial charge in [0.2, 0.25) is 0 Å². The van der Waals surface area contributed by atoms with Gasteiger partial charge < -0.3 is 5.32 Å². The van der Waals surface area contributed by atoms with Crippen LogP contribution in [0.3, 0.4) is 0 Å². The lowest BCUT2D eigenvalue weighted by atomic mass is 9.91. The minimum absolute atomic E-state index is 0.163. The van der Waals surface area contributed by atoms with Crippen molar-refractivity contribution in [1.29, 1.82) is 0 Å². The largest absolute Gasteiger partial charge is 0.310 e. The molecular weight excluding hydrogens is 261 g/mol. The van der Waals surface area contributed by atoms with E-state index in [0.29, 0.717) is 6.04 Å². The van der Waals surface area contributed by atoms with Gasteiger partial charge in [-0.1, -0.05) is 32.0 Å². The van der Waals surface area contributed by atoms with Crippen molar-refractivity contribution in [2.24, 2.45) is 0 Å². The van der Waals surface area contributed by atoms with Crippen LogP contribution in [0.4, 0.5) is 4.39 Å². The van der Waals surface area contributed by atoms with E-state index in [1.54, 1.807) is 12.1 Å². The summed E-state index contributed by atoms with van der Waals surface area (Å²) in [6.07, 6.45) is 0. The van der Waals surface area contributed by atoms with E-state index in [9.17, 15) is 4.39 Å². The molecule has 1 nitrogen and oxygen atoms in total. The highest BCUT2D eigenvalue weighted by molar-refractivity contribution is 5.73. The van der Waals surface area contributed by atoms with Gasteiger partial charge in [0.15, 0.2) is 0 Å². The molecule has 0 atom stereocenters. The average Bonchev–Trinajstić information content (AvgIpc) is 2.37. The van der Waals surface area contributed by atoms with E-state index in [2.05, 4.69) is 44.3 Å². The molecule has 0 spiro atoms. The molecule has 2 aromatic carbocycles. The molecule has 0 unspecified atom stereocenters. The molecule has 112 valence electrons. The van der Waals surface area contributed by atoms with E-state index < -0.39 is 0 Å². The number of hydrogen-bond donors (Lipinski definition) is 1. The molecule has 0 fully saturated rings. The molecule has 0 aromatic heterocycles. The number of nitrogens with one attached hydrogen (secondary N) is 1. The third kappa shape index (κ3) is 3.70. The summed E-state index contributed by atoms with van der Waals surface area (Å²) in [4.78, 5) is 0. The molecule has 0 aliphatic rings. The van der Waals surface area contributed by atoms with Crippen LogP contribution >= 0.6 is 0 Å². The fraction of sp³-hybridized carbons (Fsp3) is 0.368. The molecule has 0 saturated carbocycles. The Labute approximate surface area is 127 Å². The Bertz CT molecular complexity index is 621. The van der Waals surface area contributed by atoms with Gasteiger partial charge >= 0.3 is 0 Å². The van der Waals surface area contributed by atoms with E-state index in [1.807, 2.05) is 13.8 Å². The molecule has 0 amide bonds. The molecule has 0 heterocycles. The van der Waals surface area contributed by atoms with Crippen LogP contribution in [0.1, 0.15) is 36.1 Å². The first-order valence-corrected chi connectivity index (χ1v) is 7.48. The van der Waals surface area contributed by atoms with Crippen LogP contribution in [-0.2, 0) is 6.54 Å². The van der Waals surface area contributed by atoms with Gasteiger partial charge in [-0.3, -0.25) is 0 Å². The molecule has 0 bridgehead atoms. The zero-order valence-corrected chi connectivity index (χ0v) is 13.5. The van der Waals surface area contributed by atoms with Gasteiger partial charge in [-0.05, 0) is 66.3 Å². The molecule has 0 saturated heterocycles. The molecule has 0 aliphatic heterocycles. The van der Waals surface area contributed by atoms with Crippen molar-refractivity contribution in [1.82, 2.24) is 5.32 Å². The Morgan fingerprint density at radius 3 is 2.10 bits per heavy atom. The molecule has 2 rings (SSSR count). The highest BCUT2D eigenvalue weighted by atomic mass is 19.1. The van der Waals surface area contributed by atoms with Crippen LogP contribution in [0.15, 0.2) is 30.3 Å². The summed E-state index contributed by atoms with van der Waals surface area (Å²) in [6.45, 7) is 11.2. The minimum atomic E-state index is -0.163. The van der Waals surface area contributed by atoms with Crippen LogP contribution < -0.4 is 5.32 Å². The number of halogens is 1. The van der Waals surface area contributed by atoms with Crippen molar-refractivity contribution in [2.75, 3.05) is 0 Å². The third-order valence-corrected chi connectivity index (χ3v) is 3.77. The second-order valence-corrected chi connectivity index (χ2v) is 6.10. The van der Waals surface area contributed by atoms with Gasteiger partial charge in [-0.15, -0.1) is 0 Å². The highest BCUT2D eigenvalue weighted by Crippen LogP contribution is 2.31. The molecule has 1 N–H and O–H groups in total. The maximum absolute atomic E-state index is 13.5. The van der Waals surface area contributed by atoms with Crippen molar-refractivity contribution in [3.63, 3.8) is 0 Å². The smallest absolute Gasteiger partial charge is 0.123 e. The zero-order chi connectivity index (χ0) is 15.6. The molecular formula is C19H24FN. The van der Waals surface area contributed by atoms with E-state index in [-0.39, 0.29) is 5.82 Å². The minimum Gasteiger partial charge on any atom is -0.310 e. The predicted molar refractivity (Wildman–Crippen MR) is 88.0 cm³/mol. The van der Waals surface area contributed by atoms with Crippen LogP contribution in [0.25, 0.3) is 11.1 Å². The second kappa shape index (κ2) is 6.40. The SMILES string of the molecule is Cc1cc(CNC(C)C)ccc1-c1c(C)cc(F)cc1C. The monoisotopic (exact) mass is 285 g/mol. The first-order chi connectivity index (χ1) is 9.88. The fourth-order valence-electron chi connectivity index (χ4n) is 2.77. The maximum atomic E-state index is 13.5. The molecule has 2 aromatic rings. The van der Waals surface area contributed by atoms with E-state index in [0.717, 1.165) is 23.2 Å². The lowest BCUT2D eigenvalue weighted by Crippen LogP contribution is -2.21. The van der Waals surface area contributed by atoms with Gasteiger partial charge in [0.25, 0.3) is 0 Å². The van der Waals surface area contributed by atoms with Crippen molar-refractivity contribution in [3.05, 3.63) is 58.4 Å². The first-order valence-electron chi connectivity index (χ1n) is 7.48. The van der Waals surface area contributed by atoms with E-state index in [4.69, 9.17) is 0 Å². The Morgan fingerprint density at radius 2 is 1.57 bits per heavy atom. The average molecular weight is 285 g/mol. The van der Waals surface area contributed by atoms with Gasteiger partial charge in [0.1, 0.15) is 5.82 Å². The second-order valence-electron chi connectivity index (χ2n) is 6.10. The summed E-state index contributed by atoms with van der Waals surface area (Å²) in [6, 6.07) is 10.2. The van der Waals surface area contributed by atoms with Crippen molar-refractivity contribution in [2.45, 2.75) is 47.2 Å². The lowest BCUT2D eigenvalue weighted by Gasteiger charge is -2.15. The lowest BCUT2D eigenvalue weighted by molar-refractivity contribution is 0.589. The summed E-state index contributed by atoms with van der Waals surface area (Å²) in [5, 5.41) is 3.43. The highest BCUT2D eigenvalue weighted by Gasteiger charge is 2.10. The van der Waals surface area contributed by atoms with Crippen molar-refractivity contribution in [3.8, 4) is 11.1 Å². The van der Waals surface area contributed by atoms with Crippen LogP contribution in [0.5, 0.6) is 0 Å². The quantitative estimate of drug-likeness (QED) is 0.841. The van der Waals surface area contributed by atoms with Crippen LogP contribution in [0.2, 0.25) is 0 Å². The summed E-state index contributed by atoms with van der Waals surface area (Å²) in [5.41, 5.74) is 6.83. The molecule has 2 heteroatoms. The Kier molecular flexibility index (Phi) is 4.79. The Balaban J connectivity index is 2.38. The number of benzene rings is 2. The van der Waals surface area contributed by atoms with Gasteiger partial charge in [0.05, 0.1) is 0 Å². The standard InChI is InChI=1S/C19H24FN/c1-12(2)21-11-16-6-7-18(13(3)8-16)19-14(4)9-17(20)10-15(19)5/h6-10,12,21H,11H2,1-5H3. The van der Waals surface area contributed by atoms with Gasteiger partial charge in [-0.25, -0.2) is 4.39 Å². The molecule has 21 heavy (non-hydrogen) atoms. The number of hydrogen-bond acceptors (Lipinski definition) is 1. The summed E-state index contributed by atoms with van der Waals surface area (Å²) in [5.74, 6) is -0.163. The third-order valence-electron chi connectivity index (χ3n) is 3.77. The summed E-state index contributed by atoms with van der Waals surface area (Å²) >= 11 is 0. The maximum Gasteiger partial charge on any atom is 0.123 e. The fourth-order valence-corrected chi connectivity index (χ4v) is 2.77. The molecule has 0 radical (unpaired) electrons. The summed E-state index contributed by atoms with van der Waals surface area (Å²) in [7, 11) is 0. The Hall–Kier alpha value is -1.67. The zero-order valence-electron chi connectivity index (χ0n) is 13.5. The van der Waals surface area contributed by atoms with E-state index in [1.165, 1.54) is 16.7 Å². The normalized spacial score (nSPS) is 11.2. The van der Waals surface area contributed by atoms with Crippen molar-refractivity contribution >= 4 is 0 Å². The predicted octanol–water partition coefficient (Wildman–Crippen LogP) is 4.92. The molecule has 0 aliphatic carbocycles. The first kappa shape index (κ1) is 15.7. The van der Waals surface area contributed by atoms with Crippen LogP contribution in [-0.4, -0.2) is 6.04 Å². The Morgan fingerprint density at radius 1 is 0.952 bits per heavy atom. The number of rotatable bonds is 4. The van der Waals surface area contributed by atoms with Crippen LogP contribution in [0, 0.1) is 26.6 Å². The summed E-state index contributed by atoms with van der Waals surface area (Å²) < 4.78 is 13.5. The van der Waals surface area contributed by atoms with E-state index >= 15 is 0 Å². The number of aryl methyl sites for hydroxylation is 3. The van der Waals surface area contributed by atoms with Crippen molar-refractivity contribution < 1.29 is 4.39 Å². The van der Waals surface area contributed by atoms with Gasteiger partial charge in [-0.2, -0.15) is 0 Å². The van der Waals surface area contributed by atoms with Gasteiger partial charge in [0, 0.05) is 12.6 Å².